The van der Waals surface area contributed by atoms with Gasteiger partial charge >= 0.3 is 5.97 Å². The highest BCUT2D eigenvalue weighted by molar-refractivity contribution is 5.95. The minimum Gasteiger partial charge on any atom is -0.478 e. The van der Waals surface area contributed by atoms with Crippen LogP contribution in [-0.2, 0) is 4.79 Å². The average molecular weight is 427 g/mol. The molecule has 2 atom stereocenters. The van der Waals surface area contributed by atoms with Crippen LogP contribution < -0.4 is 4.74 Å². The van der Waals surface area contributed by atoms with E-state index in [0.29, 0.717) is 17.9 Å². The zero-order valence-electron chi connectivity index (χ0n) is 17.7. The van der Waals surface area contributed by atoms with Gasteiger partial charge in [-0.1, -0.05) is 42.5 Å². The summed E-state index contributed by atoms with van der Waals surface area (Å²) in [5.41, 5.74) is 2.21. The number of rotatable bonds is 9. The van der Waals surface area contributed by atoms with Crippen LogP contribution in [0.15, 0.2) is 60.7 Å². The van der Waals surface area contributed by atoms with Gasteiger partial charge in [-0.2, -0.15) is 0 Å². The molecule has 3 N–H and O–H groups in total. The number of aliphatic hydroxyl groups is 2. The van der Waals surface area contributed by atoms with E-state index in [1.54, 1.807) is 19.1 Å². The predicted octanol–water partition coefficient (Wildman–Crippen LogP) is 1.90. The van der Waals surface area contributed by atoms with Crippen LogP contribution in [0.25, 0.3) is 5.57 Å². The lowest BCUT2D eigenvalue weighted by atomic mass is 9.97. The molecule has 31 heavy (non-hydrogen) atoms. The molecule has 7 heteroatoms. The lowest BCUT2D eigenvalue weighted by Crippen LogP contribution is -2.55. The van der Waals surface area contributed by atoms with Crippen LogP contribution in [0.2, 0.25) is 0 Å². The largest absolute Gasteiger partial charge is 0.478 e. The summed E-state index contributed by atoms with van der Waals surface area (Å²) in [4.78, 5) is 15.6. The summed E-state index contributed by atoms with van der Waals surface area (Å²) in [5, 5.41) is 28.7. The molecule has 0 spiro atoms. The van der Waals surface area contributed by atoms with Crippen molar-refractivity contribution in [3.8, 4) is 5.75 Å². The van der Waals surface area contributed by atoms with Crippen molar-refractivity contribution in [3.63, 3.8) is 0 Å². The van der Waals surface area contributed by atoms with Crippen molar-refractivity contribution in [2.45, 2.75) is 19.3 Å². The fraction of sp³-hybridized carbons (Fsp3) is 0.375. The highest BCUT2D eigenvalue weighted by Gasteiger charge is 2.28. The van der Waals surface area contributed by atoms with Crippen molar-refractivity contribution >= 4 is 11.5 Å². The first kappa shape index (κ1) is 23.0. The molecule has 0 radical (unpaired) electrons. The lowest BCUT2D eigenvalue weighted by molar-refractivity contribution is -0.131. The Hall–Kier alpha value is -2.71. The number of piperazine rings is 1. The Bertz CT molecular complexity index is 859. The molecule has 1 fully saturated rings. The van der Waals surface area contributed by atoms with Crippen LogP contribution in [0.1, 0.15) is 18.1 Å². The molecule has 1 aliphatic rings. The highest BCUT2D eigenvalue weighted by atomic mass is 16.5. The first-order chi connectivity index (χ1) is 15.0. The Morgan fingerprint density at radius 1 is 1.03 bits per heavy atom. The van der Waals surface area contributed by atoms with E-state index in [1.807, 2.05) is 42.5 Å². The quantitative estimate of drug-likeness (QED) is 0.527. The molecule has 2 aromatic carbocycles. The van der Waals surface area contributed by atoms with Gasteiger partial charge in [0, 0.05) is 38.8 Å². The number of β-amino-alcohol motifs (C(OH)–C–C–N with tert-alkyl or cyclic N) is 1. The van der Waals surface area contributed by atoms with Gasteiger partial charge in [-0.15, -0.1) is 0 Å². The molecule has 0 saturated carbocycles. The molecule has 1 heterocycles. The Labute approximate surface area is 182 Å². The lowest BCUT2D eigenvalue weighted by Gasteiger charge is -2.39. The minimum absolute atomic E-state index is 0.143. The third-order valence-electron chi connectivity index (χ3n) is 5.37. The van der Waals surface area contributed by atoms with Gasteiger partial charge in [0.05, 0.1) is 6.61 Å². The first-order valence-corrected chi connectivity index (χ1v) is 10.5. The van der Waals surface area contributed by atoms with Crippen molar-refractivity contribution in [2.75, 3.05) is 39.3 Å². The molecule has 2 aromatic rings. The normalized spacial score (nSPS) is 17.8. The smallest absolute Gasteiger partial charge is 0.328 e. The van der Waals surface area contributed by atoms with Crippen molar-refractivity contribution in [2.24, 2.45) is 0 Å². The van der Waals surface area contributed by atoms with E-state index in [2.05, 4.69) is 9.80 Å². The minimum atomic E-state index is -1.01. The van der Waals surface area contributed by atoms with Gasteiger partial charge in [-0.05, 0) is 35.8 Å². The number of aliphatic carboxylic acids is 1. The predicted molar refractivity (Wildman–Crippen MR) is 119 cm³/mol. The van der Waals surface area contributed by atoms with Crippen LogP contribution in [0, 0.1) is 0 Å². The maximum atomic E-state index is 11.3. The number of benzene rings is 2. The van der Waals surface area contributed by atoms with Crippen LogP contribution in [-0.4, -0.2) is 82.8 Å². The Balaban J connectivity index is 1.73. The second-order valence-electron chi connectivity index (χ2n) is 7.64. The fourth-order valence-electron chi connectivity index (χ4n) is 3.79. The zero-order chi connectivity index (χ0) is 22.2. The number of ether oxygens (including phenoxy) is 1. The first-order valence-electron chi connectivity index (χ1n) is 10.5. The van der Waals surface area contributed by atoms with Gasteiger partial charge in [-0.25, -0.2) is 4.79 Å². The molecular formula is C24H30N2O5. The number of aliphatic hydroxyl groups excluding tert-OH is 2. The second-order valence-corrected chi connectivity index (χ2v) is 7.64. The molecule has 0 aromatic heterocycles. The van der Waals surface area contributed by atoms with E-state index < -0.39 is 18.3 Å². The van der Waals surface area contributed by atoms with Gasteiger partial charge in [-0.3, -0.25) is 9.80 Å². The molecule has 0 amide bonds. The van der Waals surface area contributed by atoms with Gasteiger partial charge in [0.25, 0.3) is 0 Å². The van der Waals surface area contributed by atoms with Gasteiger partial charge in [0.1, 0.15) is 11.9 Å². The van der Waals surface area contributed by atoms with Crippen molar-refractivity contribution < 1.29 is 24.9 Å². The number of carboxylic acid groups (broad SMARTS) is 1. The van der Waals surface area contributed by atoms with Crippen LogP contribution in [0.4, 0.5) is 0 Å². The van der Waals surface area contributed by atoms with Gasteiger partial charge in [0.15, 0.2) is 6.23 Å². The topological polar surface area (TPSA) is 93.5 Å². The Kier molecular flexibility index (Phi) is 8.20. The fourth-order valence-corrected chi connectivity index (χ4v) is 3.79. The Morgan fingerprint density at radius 3 is 2.19 bits per heavy atom. The summed E-state index contributed by atoms with van der Waals surface area (Å²) in [7, 11) is 0. The van der Waals surface area contributed by atoms with Crippen molar-refractivity contribution in [3.05, 3.63) is 71.8 Å². The summed E-state index contributed by atoms with van der Waals surface area (Å²) in [5.74, 6) is -0.399. The Morgan fingerprint density at radius 2 is 1.65 bits per heavy atom. The van der Waals surface area contributed by atoms with E-state index in [1.165, 1.54) is 6.08 Å². The molecule has 2 unspecified atom stereocenters. The molecule has 1 saturated heterocycles. The number of hydrogen-bond donors (Lipinski definition) is 3. The third kappa shape index (κ3) is 6.38. The van der Waals surface area contributed by atoms with Gasteiger partial charge in [0.2, 0.25) is 0 Å². The molecule has 0 aliphatic carbocycles. The number of hydrogen-bond acceptors (Lipinski definition) is 6. The van der Waals surface area contributed by atoms with Gasteiger partial charge < -0.3 is 20.1 Å². The monoisotopic (exact) mass is 426 g/mol. The third-order valence-corrected chi connectivity index (χ3v) is 5.37. The summed E-state index contributed by atoms with van der Waals surface area (Å²) < 4.78 is 6.10. The molecule has 7 nitrogen and oxygen atoms in total. The van der Waals surface area contributed by atoms with E-state index in [4.69, 9.17) is 9.84 Å². The van der Waals surface area contributed by atoms with E-state index in [0.717, 1.165) is 37.3 Å². The van der Waals surface area contributed by atoms with Crippen molar-refractivity contribution in [1.29, 1.82) is 0 Å². The summed E-state index contributed by atoms with van der Waals surface area (Å²) in [6, 6.07) is 16.6. The maximum absolute atomic E-state index is 11.3. The van der Waals surface area contributed by atoms with E-state index >= 15 is 0 Å². The van der Waals surface area contributed by atoms with Crippen LogP contribution in [0.3, 0.4) is 0 Å². The molecule has 166 valence electrons. The average Bonchev–Trinajstić information content (AvgIpc) is 2.77. The summed E-state index contributed by atoms with van der Waals surface area (Å²) in [6.07, 6.45) is 0.0384. The van der Waals surface area contributed by atoms with E-state index in [-0.39, 0.29) is 6.61 Å². The number of carbonyl (C=O) groups is 1. The highest BCUT2D eigenvalue weighted by Crippen LogP contribution is 2.26. The molecule has 0 bridgehead atoms. The van der Waals surface area contributed by atoms with Crippen molar-refractivity contribution in [1.82, 2.24) is 9.80 Å². The molecule has 3 rings (SSSR count). The second kappa shape index (κ2) is 11.1. The summed E-state index contributed by atoms with van der Waals surface area (Å²) >= 11 is 0. The maximum Gasteiger partial charge on any atom is 0.328 e. The van der Waals surface area contributed by atoms with E-state index in [9.17, 15) is 15.0 Å². The zero-order valence-corrected chi connectivity index (χ0v) is 17.7. The molecular weight excluding hydrogens is 396 g/mol. The number of nitrogens with zero attached hydrogens (tertiary/aromatic N) is 2. The standard InChI is InChI=1S/C24H30N2O5/c1-18(28)24(26-13-11-25(12-14-26)15-16-27)31-21-9-7-20(8-10-21)22(17-23(29)30)19-5-3-2-4-6-19/h2-10,17-18,24,27-28H,11-16H2,1H3,(H,29,30). The van der Waals surface area contributed by atoms with Crippen LogP contribution in [0.5, 0.6) is 5.75 Å². The number of carboxylic acids is 1. The SMILES string of the molecule is CC(O)C(Oc1ccc(C(=CC(=O)O)c2ccccc2)cc1)N1CCN(CCO)CC1. The summed E-state index contributed by atoms with van der Waals surface area (Å²) in [6.45, 7) is 5.62. The molecule has 1 aliphatic heterocycles. The van der Waals surface area contributed by atoms with Crippen LogP contribution >= 0.6 is 0 Å².